The Morgan fingerprint density at radius 1 is 0.757 bits per heavy atom. The molecule has 0 aliphatic heterocycles. The quantitative estimate of drug-likeness (QED) is 0.184. The van der Waals surface area contributed by atoms with Gasteiger partial charge in [0.2, 0.25) is 0 Å². The third-order valence-electron chi connectivity index (χ3n) is 6.32. The van der Waals surface area contributed by atoms with E-state index in [0.717, 1.165) is 28.9 Å². The lowest BCUT2D eigenvalue weighted by Gasteiger charge is -2.09. The van der Waals surface area contributed by atoms with Gasteiger partial charge in [0.15, 0.2) is 0 Å². The number of ether oxygens (including phenoxy) is 2. The zero-order valence-corrected chi connectivity index (χ0v) is 20.8. The number of esters is 2. The molecule has 0 unspecified atom stereocenters. The first-order valence-corrected chi connectivity index (χ1v) is 12.3. The van der Waals surface area contributed by atoms with Crippen molar-refractivity contribution in [3.63, 3.8) is 0 Å². The summed E-state index contributed by atoms with van der Waals surface area (Å²) in [5.74, 6) is -0.499. The van der Waals surface area contributed by atoms with Crippen LogP contribution in [-0.4, -0.2) is 23.1 Å². The van der Waals surface area contributed by atoms with Crippen LogP contribution in [0.4, 0.5) is 0 Å². The monoisotopic (exact) mass is 489 g/mol. The van der Waals surface area contributed by atoms with Crippen LogP contribution in [0, 0.1) is 6.92 Å². The molecule has 0 saturated heterocycles. The maximum atomic E-state index is 12.9. The minimum atomic E-state index is -0.456. The lowest BCUT2D eigenvalue weighted by atomic mass is 10.0. The first-order chi connectivity index (χ1) is 18.0. The summed E-state index contributed by atoms with van der Waals surface area (Å²) in [5.41, 5.74) is 5.77. The summed E-state index contributed by atoms with van der Waals surface area (Å²) in [6.45, 7) is 3.94. The van der Waals surface area contributed by atoms with Crippen molar-refractivity contribution in [2.45, 2.75) is 20.3 Å². The average molecular weight is 490 g/mol. The Bertz CT molecular complexity index is 1550. The van der Waals surface area contributed by atoms with Gasteiger partial charge in [-0.15, -0.1) is 0 Å². The molecule has 37 heavy (non-hydrogen) atoms. The van der Waals surface area contributed by atoms with E-state index in [1.165, 1.54) is 5.56 Å². The van der Waals surface area contributed by atoms with Crippen LogP contribution in [0.1, 0.15) is 44.5 Å². The molecule has 0 radical (unpaired) electrons. The van der Waals surface area contributed by atoms with Crippen molar-refractivity contribution in [3.05, 3.63) is 131 Å². The molecule has 5 heteroatoms. The van der Waals surface area contributed by atoms with E-state index < -0.39 is 11.9 Å². The Morgan fingerprint density at radius 3 is 2.08 bits per heavy atom. The Morgan fingerprint density at radius 2 is 1.41 bits per heavy atom. The normalized spacial score (nSPS) is 10.9. The van der Waals surface area contributed by atoms with Gasteiger partial charge in [-0.25, -0.2) is 9.59 Å². The van der Waals surface area contributed by atoms with E-state index in [1.807, 2.05) is 78.2 Å². The fourth-order valence-corrected chi connectivity index (χ4v) is 4.59. The molecule has 5 rings (SSSR count). The summed E-state index contributed by atoms with van der Waals surface area (Å²) in [4.78, 5) is 25.8. The Balaban J connectivity index is 1.44. The van der Waals surface area contributed by atoms with Gasteiger partial charge in [-0.05, 0) is 73.9 Å². The summed E-state index contributed by atoms with van der Waals surface area (Å²) in [6.07, 6.45) is 0.793. The van der Waals surface area contributed by atoms with E-state index in [4.69, 9.17) is 9.47 Å². The van der Waals surface area contributed by atoms with E-state index in [9.17, 15) is 9.59 Å². The molecule has 184 valence electrons. The summed E-state index contributed by atoms with van der Waals surface area (Å²) < 4.78 is 13.1. The topological polar surface area (TPSA) is 57.5 Å². The molecule has 0 amide bonds. The van der Waals surface area contributed by atoms with Crippen molar-refractivity contribution in [2.75, 3.05) is 6.61 Å². The van der Waals surface area contributed by atoms with Crippen molar-refractivity contribution >= 4 is 22.8 Å². The minimum absolute atomic E-state index is 0.269. The Hall–Kier alpha value is -4.64. The van der Waals surface area contributed by atoms with Gasteiger partial charge in [0, 0.05) is 16.8 Å². The number of fused-ring (bicyclic) bond motifs is 1. The molecule has 0 saturated carbocycles. The molecule has 0 N–H and O–H groups in total. The SMILES string of the molecule is CCOC(=O)c1c(C)n(-c2ccccc2)c2ccc(OC(=O)c3ccc(Cc4ccccc4)cc3)cc12. The fourth-order valence-electron chi connectivity index (χ4n) is 4.59. The highest BCUT2D eigenvalue weighted by molar-refractivity contribution is 6.07. The molecular weight excluding hydrogens is 462 g/mol. The van der Waals surface area contributed by atoms with Gasteiger partial charge < -0.3 is 14.0 Å². The van der Waals surface area contributed by atoms with E-state index in [-0.39, 0.29) is 6.61 Å². The third-order valence-corrected chi connectivity index (χ3v) is 6.32. The lowest BCUT2D eigenvalue weighted by Crippen LogP contribution is -2.09. The maximum Gasteiger partial charge on any atom is 0.343 e. The smallest absolute Gasteiger partial charge is 0.343 e. The van der Waals surface area contributed by atoms with Crippen LogP contribution in [0.25, 0.3) is 16.6 Å². The molecule has 1 heterocycles. The van der Waals surface area contributed by atoms with Crippen molar-refractivity contribution in [3.8, 4) is 11.4 Å². The third kappa shape index (κ3) is 5.02. The molecular formula is C32H27NO4. The number of para-hydroxylation sites is 1. The summed E-state index contributed by atoms with van der Waals surface area (Å²) >= 11 is 0. The zero-order chi connectivity index (χ0) is 25.8. The van der Waals surface area contributed by atoms with Gasteiger partial charge in [-0.3, -0.25) is 0 Å². The van der Waals surface area contributed by atoms with Gasteiger partial charge >= 0.3 is 11.9 Å². The lowest BCUT2D eigenvalue weighted by molar-refractivity contribution is 0.0527. The van der Waals surface area contributed by atoms with Crippen LogP contribution in [0.5, 0.6) is 5.75 Å². The van der Waals surface area contributed by atoms with E-state index in [2.05, 4.69) is 12.1 Å². The highest BCUT2D eigenvalue weighted by atomic mass is 16.5. The number of carbonyl (C=O) groups is 2. The van der Waals surface area contributed by atoms with Gasteiger partial charge in [0.25, 0.3) is 0 Å². The Kier molecular flexibility index (Phi) is 6.86. The molecule has 0 bridgehead atoms. The number of benzene rings is 4. The summed E-state index contributed by atoms with van der Waals surface area (Å²) in [5, 5.41) is 0.670. The van der Waals surface area contributed by atoms with Crippen LogP contribution in [0.3, 0.4) is 0 Å². The van der Waals surface area contributed by atoms with Gasteiger partial charge in [-0.2, -0.15) is 0 Å². The first-order valence-electron chi connectivity index (χ1n) is 12.3. The van der Waals surface area contributed by atoms with Crippen LogP contribution in [0.2, 0.25) is 0 Å². The predicted molar refractivity (Wildman–Crippen MR) is 145 cm³/mol. The van der Waals surface area contributed by atoms with Crippen LogP contribution >= 0.6 is 0 Å². The first kappa shape index (κ1) is 24.1. The molecule has 0 spiro atoms. The number of hydrogen-bond donors (Lipinski definition) is 0. The van der Waals surface area contributed by atoms with Crippen molar-refractivity contribution < 1.29 is 19.1 Å². The molecule has 5 nitrogen and oxygen atoms in total. The summed E-state index contributed by atoms with van der Waals surface area (Å²) in [7, 11) is 0. The predicted octanol–water partition coefficient (Wildman–Crippen LogP) is 6.93. The number of hydrogen-bond acceptors (Lipinski definition) is 4. The minimum Gasteiger partial charge on any atom is -0.462 e. The number of nitrogens with zero attached hydrogens (tertiary/aromatic N) is 1. The van der Waals surface area contributed by atoms with Gasteiger partial charge in [0.1, 0.15) is 5.75 Å². The largest absolute Gasteiger partial charge is 0.462 e. The van der Waals surface area contributed by atoms with Gasteiger partial charge in [-0.1, -0.05) is 60.7 Å². The fraction of sp³-hybridized carbons (Fsp3) is 0.125. The molecule has 0 aliphatic rings. The molecule has 1 aromatic heterocycles. The molecule has 5 aromatic rings. The van der Waals surface area contributed by atoms with Crippen LogP contribution in [-0.2, 0) is 11.2 Å². The van der Waals surface area contributed by atoms with Gasteiger partial charge in [0.05, 0.1) is 23.3 Å². The number of rotatable bonds is 7. The number of carbonyl (C=O) groups excluding carboxylic acids is 2. The average Bonchev–Trinajstić information content (AvgIpc) is 3.21. The van der Waals surface area contributed by atoms with Crippen molar-refractivity contribution in [1.82, 2.24) is 4.57 Å². The highest BCUT2D eigenvalue weighted by Gasteiger charge is 2.23. The molecule has 0 fully saturated rings. The standard InChI is InChI=1S/C32H27NO4/c1-3-36-32(35)30-22(2)33(26-12-8-5-9-13-26)29-19-18-27(21-28(29)30)37-31(34)25-16-14-24(15-17-25)20-23-10-6-4-7-11-23/h4-19,21H,3,20H2,1-2H3. The highest BCUT2D eigenvalue weighted by Crippen LogP contribution is 2.33. The summed E-state index contributed by atoms with van der Waals surface area (Å²) in [6, 6.07) is 32.8. The van der Waals surface area contributed by atoms with Crippen molar-refractivity contribution in [1.29, 1.82) is 0 Å². The zero-order valence-electron chi connectivity index (χ0n) is 20.8. The number of aromatic nitrogens is 1. The second-order valence-corrected chi connectivity index (χ2v) is 8.78. The van der Waals surface area contributed by atoms with Crippen molar-refractivity contribution in [2.24, 2.45) is 0 Å². The van der Waals surface area contributed by atoms with E-state index in [1.54, 1.807) is 31.2 Å². The molecule has 4 aromatic carbocycles. The second kappa shape index (κ2) is 10.5. The van der Waals surface area contributed by atoms with Crippen LogP contribution in [0.15, 0.2) is 103 Å². The maximum absolute atomic E-state index is 12.9. The van der Waals surface area contributed by atoms with Crippen LogP contribution < -0.4 is 4.74 Å². The van der Waals surface area contributed by atoms with E-state index in [0.29, 0.717) is 22.3 Å². The Labute approximate surface area is 215 Å². The van der Waals surface area contributed by atoms with E-state index >= 15 is 0 Å². The molecule has 0 aliphatic carbocycles. The molecule has 0 atom stereocenters. The second-order valence-electron chi connectivity index (χ2n) is 8.78.